The lowest BCUT2D eigenvalue weighted by Crippen LogP contribution is -2.04. The average Bonchev–Trinajstić information content (AvgIpc) is 2.76. The number of aromatic nitrogens is 1. The van der Waals surface area contributed by atoms with Crippen LogP contribution in [-0.4, -0.2) is 10.8 Å². The van der Waals surface area contributed by atoms with Gasteiger partial charge in [0, 0.05) is 16.6 Å². The Kier molecular flexibility index (Phi) is 3.12. The SMILES string of the molecule is Nc1c(C(=O)c2cccnc2Cl)oc2ccc(Cl)cc12. The largest absolute Gasteiger partial charge is 0.450 e. The Labute approximate surface area is 124 Å². The molecule has 0 saturated carbocycles. The van der Waals surface area contributed by atoms with E-state index in [1.807, 2.05) is 0 Å². The Balaban J connectivity index is 2.18. The number of carbonyl (C=O) groups excluding carboxylic acids is 1. The first-order chi connectivity index (χ1) is 9.58. The molecule has 0 fully saturated rings. The molecule has 0 bridgehead atoms. The second-order valence-electron chi connectivity index (χ2n) is 4.16. The van der Waals surface area contributed by atoms with Crippen molar-refractivity contribution in [2.75, 3.05) is 5.73 Å². The third kappa shape index (κ3) is 2.03. The topological polar surface area (TPSA) is 69.1 Å². The summed E-state index contributed by atoms with van der Waals surface area (Å²) in [4.78, 5) is 16.3. The number of hydrogen-bond donors (Lipinski definition) is 1. The monoisotopic (exact) mass is 306 g/mol. The third-order valence-corrected chi connectivity index (χ3v) is 3.43. The van der Waals surface area contributed by atoms with Crippen LogP contribution in [0.25, 0.3) is 11.0 Å². The lowest BCUT2D eigenvalue weighted by atomic mass is 10.1. The molecule has 3 rings (SSSR count). The number of anilines is 1. The number of pyridine rings is 1. The Hall–Kier alpha value is -2.04. The molecule has 2 heterocycles. The fraction of sp³-hybridized carbons (Fsp3) is 0. The van der Waals surface area contributed by atoms with E-state index in [1.165, 1.54) is 6.20 Å². The van der Waals surface area contributed by atoms with Crippen LogP contribution in [0.3, 0.4) is 0 Å². The van der Waals surface area contributed by atoms with Gasteiger partial charge in [-0.3, -0.25) is 4.79 Å². The van der Waals surface area contributed by atoms with Crippen LogP contribution in [0.4, 0.5) is 5.69 Å². The molecule has 20 heavy (non-hydrogen) atoms. The zero-order valence-electron chi connectivity index (χ0n) is 10.1. The van der Waals surface area contributed by atoms with Gasteiger partial charge in [0.25, 0.3) is 0 Å². The molecule has 0 aliphatic rings. The van der Waals surface area contributed by atoms with Crippen LogP contribution in [0, 0.1) is 0 Å². The number of halogens is 2. The smallest absolute Gasteiger partial charge is 0.233 e. The number of nitrogens with zero attached hydrogens (tertiary/aromatic N) is 1. The van der Waals surface area contributed by atoms with E-state index >= 15 is 0 Å². The number of ketones is 1. The molecular formula is C14H8Cl2N2O2. The summed E-state index contributed by atoms with van der Waals surface area (Å²) in [6, 6.07) is 8.16. The van der Waals surface area contributed by atoms with Crippen molar-refractivity contribution in [3.05, 3.63) is 58.0 Å². The van der Waals surface area contributed by atoms with Gasteiger partial charge in [-0.25, -0.2) is 4.98 Å². The molecule has 0 radical (unpaired) electrons. The number of fused-ring (bicyclic) bond motifs is 1. The molecule has 1 aromatic carbocycles. The number of benzene rings is 1. The average molecular weight is 307 g/mol. The fourth-order valence-corrected chi connectivity index (χ4v) is 2.31. The number of nitrogen functional groups attached to an aromatic ring is 1. The molecule has 0 amide bonds. The van der Waals surface area contributed by atoms with E-state index < -0.39 is 5.78 Å². The van der Waals surface area contributed by atoms with Crippen molar-refractivity contribution >= 4 is 45.6 Å². The highest BCUT2D eigenvalue weighted by molar-refractivity contribution is 6.34. The Morgan fingerprint density at radius 2 is 2.05 bits per heavy atom. The fourth-order valence-electron chi connectivity index (χ4n) is 1.94. The van der Waals surface area contributed by atoms with Crippen LogP contribution in [0.1, 0.15) is 16.1 Å². The molecule has 0 saturated heterocycles. The van der Waals surface area contributed by atoms with Crippen LogP contribution < -0.4 is 5.73 Å². The first kappa shape index (κ1) is 13.0. The molecule has 6 heteroatoms. The normalized spacial score (nSPS) is 10.9. The number of furan rings is 1. The summed E-state index contributed by atoms with van der Waals surface area (Å²) in [6.45, 7) is 0. The van der Waals surface area contributed by atoms with Gasteiger partial charge in [-0.15, -0.1) is 0 Å². The van der Waals surface area contributed by atoms with Crippen molar-refractivity contribution in [2.24, 2.45) is 0 Å². The molecule has 4 nitrogen and oxygen atoms in total. The molecule has 0 unspecified atom stereocenters. The van der Waals surface area contributed by atoms with Crippen LogP contribution in [-0.2, 0) is 0 Å². The van der Waals surface area contributed by atoms with E-state index in [0.29, 0.717) is 16.0 Å². The number of hydrogen-bond acceptors (Lipinski definition) is 4. The van der Waals surface area contributed by atoms with Crippen LogP contribution >= 0.6 is 23.2 Å². The minimum absolute atomic E-state index is 0.0390. The zero-order valence-corrected chi connectivity index (χ0v) is 11.6. The van der Waals surface area contributed by atoms with Crippen molar-refractivity contribution in [2.45, 2.75) is 0 Å². The van der Waals surface area contributed by atoms with Gasteiger partial charge in [-0.05, 0) is 30.3 Å². The van der Waals surface area contributed by atoms with Gasteiger partial charge >= 0.3 is 0 Å². The highest BCUT2D eigenvalue weighted by atomic mass is 35.5. The van der Waals surface area contributed by atoms with E-state index in [9.17, 15) is 4.79 Å². The predicted octanol–water partition coefficient (Wildman–Crippen LogP) is 3.95. The summed E-state index contributed by atoms with van der Waals surface area (Å²) in [5.41, 5.74) is 6.94. The highest BCUT2D eigenvalue weighted by Gasteiger charge is 2.22. The summed E-state index contributed by atoms with van der Waals surface area (Å²) >= 11 is 11.8. The Morgan fingerprint density at radius 1 is 1.25 bits per heavy atom. The standard InChI is InChI=1S/C14H8Cl2N2O2/c15-7-3-4-10-9(6-7)11(17)13(20-10)12(19)8-2-1-5-18-14(8)16/h1-6H,17H2. The Morgan fingerprint density at radius 3 is 2.80 bits per heavy atom. The van der Waals surface area contributed by atoms with Crippen LogP contribution in [0.5, 0.6) is 0 Å². The van der Waals surface area contributed by atoms with Crippen LogP contribution in [0.2, 0.25) is 10.2 Å². The Bertz CT molecular complexity index is 827. The molecule has 2 N–H and O–H groups in total. The maximum absolute atomic E-state index is 12.4. The third-order valence-electron chi connectivity index (χ3n) is 2.90. The molecule has 2 aromatic heterocycles. The van der Waals surface area contributed by atoms with E-state index in [1.54, 1.807) is 30.3 Å². The first-order valence-electron chi connectivity index (χ1n) is 5.70. The van der Waals surface area contributed by atoms with E-state index in [0.717, 1.165) is 0 Å². The number of carbonyl (C=O) groups is 1. The molecule has 0 aliphatic heterocycles. The van der Waals surface area contributed by atoms with E-state index in [4.69, 9.17) is 33.4 Å². The van der Waals surface area contributed by atoms with Gasteiger partial charge < -0.3 is 10.2 Å². The first-order valence-corrected chi connectivity index (χ1v) is 6.46. The van der Waals surface area contributed by atoms with Gasteiger partial charge in [-0.2, -0.15) is 0 Å². The lowest BCUT2D eigenvalue weighted by Gasteiger charge is -2.00. The number of rotatable bonds is 2. The van der Waals surface area contributed by atoms with Crippen molar-refractivity contribution in [3.63, 3.8) is 0 Å². The predicted molar refractivity (Wildman–Crippen MR) is 78.3 cm³/mol. The van der Waals surface area contributed by atoms with E-state index in [2.05, 4.69) is 4.98 Å². The van der Waals surface area contributed by atoms with Crippen molar-refractivity contribution in [1.82, 2.24) is 4.98 Å². The summed E-state index contributed by atoms with van der Waals surface area (Å²) in [6.07, 6.45) is 1.50. The molecule has 0 spiro atoms. The molecule has 0 aliphatic carbocycles. The van der Waals surface area contributed by atoms with Gasteiger partial charge in [0.1, 0.15) is 10.7 Å². The highest BCUT2D eigenvalue weighted by Crippen LogP contribution is 2.32. The minimum atomic E-state index is -0.409. The second kappa shape index (κ2) is 4.81. The van der Waals surface area contributed by atoms with Gasteiger partial charge in [-0.1, -0.05) is 23.2 Å². The second-order valence-corrected chi connectivity index (χ2v) is 4.95. The summed E-state index contributed by atoms with van der Waals surface area (Å²) in [5.74, 6) is -0.370. The van der Waals surface area contributed by atoms with Gasteiger partial charge in [0.15, 0.2) is 5.76 Å². The number of nitrogens with two attached hydrogens (primary N) is 1. The van der Waals surface area contributed by atoms with Gasteiger partial charge in [0.05, 0.1) is 11.3 Å². The van der Waals surface area contributed by atoms with Crippen molar-refractivity contribution in [1.29, 1.82) is 0 Å². The van der Waals surface area contributed by atoms with E-state index in [-0.39, 0.29) is 22.2 Å². The quantitative estimate of drug-likeness (QED) is 0.575. The van der Waals surface area contributed by atoms with Crippen LogP contribution in [0.15, 0.2) is 40.9 Å². The molecular weight excluding hydrogens is 299 g/mol. The minimum Gasteiger partial charge on any atom is -0.450 e. The lowest BCUT2D eigenvalue weighted by molar-refractivity contribution is 0.101. The summed E-state index contributed by atoms with van der Waals surface area (Å²) < 4.78 is 5.51. The maximum Gasteiger partial charge on any atom is 0.233 e. The summed E-state index contributed by atoms with van der Waals surface area (Å²) in [5, 5.41) is 1.22. The van der Waals surface area contributed by atoms with Crippen molar-refractivity contribution in [3.8, 4) is 0 Å². The summed E-state index contributed by atoms with van der Waals surface area (Å²) in [7, 11) is 0. The zero-order chi connectivity index (χ0) is 14.3. The van der Waals surface area contributed by atoms with Gasteiger partial charge in [0.2, 0.25) is 5.78 Å². The molecule has 0 atom stereocenters. The molecule has 3 aromatic rings. The molecule has 100 valence electrons. The van der Waals surface area contributed by atoms with Crippen molar-refractivity contribution < 1.29 is 9.21 Å². The maximum atomic E-state index is 12.4.